The van der Waals surface area contributed by atoms with Crippen molar-refractivity contribution in [2.75, 3.05) is 35.2 Å². The molecule has 0 unspecified atom stereocenters. The van der Waals surface area contributed by atoms with E-state index in [9.17, 15) is 0 Å². The summed E-state index contributed by atoms with van der Waals surface area (Å²) in [5.41, 5.74) is 7.90. The van der Waals surface area contributed by atoms with Crippen LogP contribution in [-0.2, 0) is 12.8 Å². The molecule has 2 aromatic rings. The van der Waals surface area contributed by atoms with E-state index in [1.165, 1.54) is 49.0 Å². The van der Waals surface area contributed by atoms with Crippen molar-refractivity contribution in [2.24, 2.45) is 0 Å². The van der Waals surface area contributed by atoms with Gasteiger partial charge >= 0.3 is 0 Å². The Balaban J connectivity index is 0.00000261. The largest absolute Gasteiger partial charge is 0.383 e. The number of unbranched alkanes of at least 4 members (excludes halogenated alkanes) is 4. The zero-order chi connectivity index (χ0) is 18.4. The van der Waals surface area contributed by atoms with E-state index in [4.69, 9.17) is 15.7 Å². The molecule has 4 nitrogen and oxygen atoms in total. The molecule has 27 heavy (non-hydrogen) atoms. The number of thioether (sulfide) groups is 1. The van der Waals surface area contributed by atoms with Gasteiger partial charge in [0.2, 0.25) is 5.95 Å². The molecule has 2 aromatic heterocycles. The molecule has 3 rings (SSSR count). The summed E-state index contributed by atoms with van der Waals surface area (Å²) in [7, 11) is 0. The number of anilines is 2. The molecule has 0 radical (unpaired) electrons. The Labute approximate surface area is 178 Å². The average Bonchev–Trinajstić information content (AvgIpc) is 3.01. The summed E-state index contributed by atoms with van der Waals surface area (Å²) in [6, 6.07) is 0. The maximum Gasteiger partial charge on any atom is 0.228 e. The van der Waals surface area contributed by atoms with Crippen LogP contribution < -0.4 is 10.6 Å². The summed E-state index contributed by atoms with van der Waals surface area (Å²) in [6.45, 7) is 6.57. The van der Waals surface area contributed by atoms with Crippen molar-refractivity contribution in [2.45, 2.75) is 65.2 Å². The summed E-state index contributed by atoms with van der Waals surface area (Å²) < 4.78 is 0. The number of aromatic nitrogens is 2. The highest BCUT2D eigenvalue weighted by atomic mass is 35.5. The number of aryl methyl sites for hydroxylation is 2. The van der Waals surface area contributed by atoms with Crippen molar-refractivity contribution in [3.05, 3.63) is 10.4 Å². The third-order valence-electron chi connectivity index (χ3n) is 5.08. The van der Waals surface area contributed by atoms with Gasteiger partial charge in [-0.1, -0.05) is 39.5 Å². The fourth-order valence-electron chi connectivity index (χ4n) is 3.58. The summed E-state index contributed by atoms with van der Waals surface area (Å²) in [5, 5.41) is 1.15. The molecule has 0 aromatic carbocycles. The van der Waals surface area contributed by atoms with Gasteiger partial charge in [0.15, 0.2) is 0 Å². The minimum absolute atomic E-state index is 0. The van der Waals surface area contributed by atoms with E-state index >= 15 is 0 Å². The lowest BCUT2D eigenvalue weighted by Gasteiger charge is -2.26. The van der Waals surface area contributed by atoms with Crippen molar-refractivity contribution in [1.29, 1.82) is 0 Å². The van der Waals surface area contributed by atoms with Crippen LogP contribution in [0.25, 0.3) is 10.2 Å². The first-order valence-corrected chi connectivity index (χ1v) is 12.1. The second-order valence-corrected chi connectivity index (χ2v) is 9.41. The Bertz CT molecular complexity index is 714. The molecule has 2 N–H and O–H groups in total. The Hall–Kier alpha value is -0.720. The minimum atomic E-state index is 0. The maximum absolute atomic E-state index is 6.46. The number of fused-ring (bicyclic) bond motifs is 1. The van der Waals surface area contributed by atoms with E-state index in [0.717, 1.165) is 53.6 Å². The molecule has 7 heteroatoms. The smallest absolute Gasteiger partial charge is 0.228 e. The first-order valence-electron chi connectivity index (χ1n) is 10.1. The van der Waals surface area contributed by atoms with Gasteiger partial charge in [-0.05, 0) is 31.2 Å². The molecule has 1 aliphatic heterocycles. The minimum Gasteiger partial charge on any atom is -0.383 e. The van der Waals surface area contributed by atoms with Crippen LogP contribution in [0.2, 0.25) is 0 Å². The van der Waals surface area contributed by atoms with Gasteiger partial charge < -0.3 is 10.6 Å². The fraction of sp³-hybridized carbons (Fsp3) is 0.700. The van der Waals surface area contributed by atoms with Crippen LogP contribution >= 0.6 is 35.5 Å². The number of hydrogen-bond acceptors (Lipinski definition) is 6. The molecule has 0 atom stereocenters. The number of thiophene rings is 1. The summed E-state index contributed by atoms with van der Waals surface area (Å²) in [6.07, 6.45) is 9.83. The number of hydrogen-bond donors (Lipinski definition) is 1. The van der Waals surface area contributed by atoms with E-state index in [1.54, 1.807) is 0 Å². The van der Waals surface area contributed by atoms with E-state index in [2.05, 4.69) is 18.7 Å². The molecule has 0 aliphatic carbocycles. The summed E-state index contributed by atoms with van der Waals surface area (Å²) >= 11 is 3.87. The van der Waals surface area contributed by atoms with Crippen LogP contribution in [-0.4, -0.2) is 34.6 Å². The van der Waals surface area contributed by atoms with Crippen LogP contribution in [0, 0.1) is 0 Å². The van der Waals surface area contributed by atoms with Crippen LogP contribution in [0.1, 0.15) is 62.8 Å². The van der Waals surface area contributed by atoms with Crippen LogP contribution in [0.5, 0.6) is 0 Å². The lowest BCUT2D eigenvalue weighted by Crippen LogP contribution is -2.33. The Morgan fingerprint density at radius 2 is 1.63 bits per heavy atom. The standard InChI is InChI=1S/C20H32N4S2.ClH/c1-3-5-7-9-15-16(10-8-6-4-2)26-19-17(15)18(21)22-20(23-19)24-11-13-25-14-12-24;/h3-14H2,1-2H3,(H2,21,22,23);1H. The van der Waals surface area contributed by atoms with Crippen molar-refractivity contribution in [3.8, 4) is 0 Å². The average molecular weight is 429 g/mol. The highest BCUT2D eigenvalue weighted by Gasteiger charge is 2.20. The van der Waals surface area contributed by atoms with E-state index in [0.29, 0.717) is 5.82 Å². The lowest BCUT2D eigenvalue weighted by atomic mass is 10.0. The van der Waals surface area contributed by atoms with Gasteiger partial charge in [0.05, 0.1) is 5.39 Å². The van der Waals surface area contributed by atoms with Crippen LogP contribution in [0.15, 0.2) is 0 Å². The second kappa shape index (κ2) is 11.3. The van der Waals surface area contributed by atoms with Crippen molar-refractivity contribution in [3.63, 3.8) is 0 Å². The van der Waals surface area contributed by atoms with Gasteiger partial charge in [0.1, 0.15) is 10.6 Å². The monoisotopic (exact) mass is 428 g/mol. The van der Waals surface area contributed by atoms with E-state index in [-0.39, 0.29) is 12.4 Å². The molecule has 1 fully saturated rings. The van der Waals surface area contributed by atoms with E-state index < -0.39 is 0 Å². The predicted octanol–water partition coefficient (Wildman–Crippen LogP) is 5.71. The Morgan fingerprint density at radius 3 is 2.30 bits per heavy atom. The molecule has 0 amide bonds. The molecule has 3 heterocycles. The summed E-state index contributed by atoms with van der Waals surface area (Å²) in [5.74, 6) is 3.82. The molecule has 1 aliphatic rings. The zero-order valence-electron chi connectivity index (χ0n) is 16.6. The molecule has 1 saturated heterocycles. The number of nitrogens with two attached hydrogens (primary N) is 1. The van der Waals surface area contributed by atoms with Gasteiger partial charge in [0.25, 0.3) is 0 Å². The topological polar surface area (TPSA) is 55.0 Å². The molecule has 0 saturated carbocycles. The highest BCUT2D eigenvalue weighted by molar-refractivity contribution is 7.99. The fourth-order valence-corrected chi connectivity index (χ4v) is 5.75. The number of nitrogens with zero attached hydrogens (tertiary/aromatic N) is 3. The van der Waals surface area contributed by atoms with Gasteiger partial charge in [0, 0.05) is 29.5 Å². The Kier molecular flexibility index (Phi) is 9.46. The van der Waals surface area contributed by atoms with Crippen LogP contribution in [0.4, 0.5) is 11.8 Å². The quantitative estimate of drug-likeness (QED) is 0.518. The number of halogens is 1. The molecule has 152 valence electrons. The second-order valence-electron chi connectivity index (χ2n) is 7.11. The van der Waals surface area contributed by atoms with Crippen molar-refractivity contribution in [1.82, 2.24) is 9.97 Å². The Morgan fingerprint density at radius 1 is 0.963 bits per heavy atom. The van der Waals surface area contributed by atoms with Crippen molar-refractivity contribution < 1.29 is 0 Å². The maximum atomic E-state index is 6.46. The first-order chi connectivity index (χ1) is 12.7. The third kappa shape index (κ3) is 5.64. The summed E-state index contributed by atoms with van der Waals surface area (Å²) in [4.78, 5) is 14.5. The lowest BCUT2D eigenvalue weighted by molar-refractivity contribution is 0.701. The third-order valence-corrected chi connectivity index (χ3v) is 7.21. The number of rotatable bonds is 9. The van der Waals surface area contributed by atoms with Crippen LogP contribution in [0.3, 0.4) is 0 Å². The number of nitrogen functional groups attached to an aromatic ring is 1. The normalized spacial score (nSPS) is 14.5. The highest BCUT2D eigenvalue weighted by Crippen LogP contribution is 2.36. The SMILES string of the molecule is CCCCCc1sc2nc(N3CCSCC3)nc(N)c2c1CCCCC.Cl. The zero-order valence-corrected chi connectivity index (χ0v) is 19.1. The van der Waals surface area contributed by atoms with Gasteiger partial charge in [-0.3, -0.25) is 0 Å². The van der Waals surface area contributed by atoms with E-state index in [1.807, 2.05) is 23.1 Å². The molecular formula is C20H33ClN4S2. The van der Waals surface area contributed by atoms with Gasteiger partial charge in [-0.2, -0.15) is 16.7 Å². The van der Waals surface area contributed by atoms with Crippen molar-refractivity contribution >= 4 is 57.5 Å². The van der Waals surface area contributed by atoms with Gasteiger partial charge in [-0.25, -0.2) is 4.98 Å². The first kappa shape index (κ1) is 22.6. The molecule has 0 spiro atoms. The predicted molar refractivity (Wildman–Crippen MR) is 125 cm³/mol. The molecular weight excluding hydrogens is 396 g/mol. The van der Waals surface area contributed by atoms with Gasteiger partial charge in [-0.15, -0.1) is 23.7 Å². The molecule has 0 bridgehead atoms.